The Bertz CT molecular complexity index is 618. The number of benzene rings is 1. The van der Waals surface area contributed by atoms with Crippen molar-refractivity contribution in [3.05, 3.63) is 38.0 Å². The van der Waals surface area contributed by atoms with Gasteiger partial charge in [0.05, 0.1) is 10.4 Å². The first kappa shape index (κ1) is 10.8. The molecule has 5 heteroatoms. The van der Waals surface area contributed by atoms with Gasteiger partial charge in [-0.15, -0.1) is 0 Å². The average molecular weight is 295 g/mol. The largest absolute Gasteiger partial charge is 0.357 e. The molecule has 1 aromatic heterocycles. The number of nitrogens with zero attached hydrogens (tertiary/aromatic N) is 1. The number of aromatic nitrogens is 1. The van der Waals surface area contributed by atoms with Gasteiger partial charge in [-0.1, -0.05) is 0 Å². The predicted octanol–water partition coefficient (Wildman–Crippen LogP) is 3.72. The Kier molecular flexibility index (Phi) is 2.43. The highest BCUT2D eigenvalue weighted by molar-refractivity contribution is 9.10. The van der Waals surface area contributed by atoms with Crippen LogP contribution in [-0.2, 0) is 12.8 Å². The van der Waals surface area contributed by atoms with Gasteiger partial charge in [-0.05, 0) is 47.2 Å². The van der Waals surface area contributed by atoms with Crippen molar-refractivity contribution in [3.63, 3.8) is 0 Å². The summed E-state index contributed by atoms with van der Waals surface area (Å²) >= 11 is 3.41. The molecule has 0 aliphatic heterocycles. The number of nitro groups is 1. The van der Waals surface area contributed by atoms with Crippen molar-refractivity contribution < 1.29 is 4.92 Å². The van der Waals surface area contributed by atoms with E-state index in [9.17, 15) is 10.1 Å². The van der Waals surface area contributed by atoms with Gasteiger partial charge in [0.1, 0.15) is 0 Å². The number of halogens is 1. The van der Waals surface area contributed by atoms with Crippen LogP contribution in [0.5, 0.6) is 0 Å². The van der Waals surface area contributed by atoms with Crippen molar-refractivity contribution in [1.29, 1.82) is 0 Å². The first-order valence-corrected chi connectivity index (χ1v) is 6.43. The number of hydrogen-bond acceptors (Lipinski definition) is 2. The molecule has 17 heavy (non-hydrogen) atoms. The topological polar surface area (TPSA) is 58.9 Å². The zero-order chi connectivity index (χ0) is 12.0. The molecule has 4 nitrogen and oxygen atoms in total. The summed E-state index contributed by atoms with van der Waals surface area (Å²) in [5, 5.41) is 11.9. The van der Waals surface area contributed by atoms with Crippen LogP contribution in [0.3, 0.4) is 0 Å². The first-order valence-electron chi connectivity index (χ1n) is 5.64. The lowest BCUT2D eigenvalue weighted by molar-refractivity contribution is -0.384. The van der Waals surface area contributed by atoms with Crippen LogP contribution in [0.25, 0.3) is 10.9 Å². The van der Waals surface area contributed by atoms with Gasteiger partial charge in [0.15, 0.2) is 0 Å². The molecule has 2 aromatic rings. The normalized spacial score (nSPS) is 14.9. The molecule has 0 saturated heterocycles. The van der Waals surface area contributed by atoms with E-state index in [0.717, 1.165) is 28.2 Å². The maximum atomic E-state index is 10.9. The van der Waals surface area contributed by atoms with Crippen molar-refractivity contribution in [2.24, 2.45) is 0 Å². The van der Waals surface area contributed by atoms with Gasteiger partial charge in [-0.3, -0.25) is 10.1 Å². The minimum Gasteiger partial charge on any atom is -0.357 e. The molecule has 0 fully saturated rings. The maximum Gasteiger partial charge on any atom is 0.271 e. The van der Waals surface area contributed by atoms with Crippen molar-refractivity contribution in [2.45, 2.75) is 25.7 Å². The molecule has 0 spiro atoms. The third kappa shape index (κ3) is 1.65. The molecule has 88 valence electrons. The Morgan fingerprint density at radius 1 is 1.29 bits per heavy atom. The fourth-order valence-corrected chi connectivity index (χ4v) is 3.10. The number of H-pyrrole nitrogens is 1. The second-order valence-corrected chi connectivity index (χ2v) is 5.25. The number of non-ortho nitro benzene ring substituents is 1. The number of aryl methyl sites for hydroxylation is 2. The van der Waals surface area contributed by atoms with Crippen molar-refractivity contribution in [2.75, 3.05) is 0 Å². The highest BCUT2D eigenvalue weighted by Crippen LogP contribution is 2.35. The second kappa shape index (κ2) is 3.84. The van der Waals surface area contributed by atoms with Gasteiger partial charge in [-0.2, -0.15) is 0 Å². The van der Waals surface area contributed by atoms with E-state index < -0.39 is 0 Å². The Balaban J connectivity index is 2.32. The molecule has 1 aliphatic carbocycles. The molecule has 0 unspecified atom stereocenters. The van der Waals surface area contributed by atoms with Crippen molar-refractivity contribution in [1.82, 2.24) is 4.98 Å². The summed E-state index contributed by atoms with van der Waals surface area (Å²) in [6, 6.07) is 3.24. The third-order valence-electron chi connectivity index (χ3n) is 3.35. The summed E-state index contributed by atoms with van der Waals surface area (Å²) in [6.45, 7) is 0. The first-order chi connectivity index (χ1) is 8.16. The number of hydrogen-bond donors (Lipinski definition) is 1. The van der Waals surface area contributed by atoms with E-state index in [1.807, 2.05) is 0 Å². The Labute approximate surface area is 106 Å². The van der Waals surface area contributed by atoms with E-state index in [-0.39, 0.29) is 10.6 Å². The maximum absolute atomic E-state index is 10.9. The van der Waals surface area contributed by atoms with E-state index in [2.05, 4.69) is 20.9 Å². The summed E-state index contributed by atoms with van der Waals surface area (Å²) in [5.74, 6) is 0. The molecule has 3 rings (SSSR count). The smallest absolute Gasteiger partial charge is 0.271 e. The Morgan fingerprint density at radius 2 is 2.06 bits per heavy atom. The SMILES string of the molecule is O=[N+]([O-])c1cc(Br)c2[nH]c3c(c2c1)CCCC3. The van der Waals surface area contributed by atoms with Crippen LogP contribution in [0, 0.1) is 10.1 Å². The van der Waals surface area contributed by atoms with Crippen LogP contribution < -0.4 is 0 Å². The molecular formula is C12H11BrN2O2. The number of nitrogens with one attached hydrogen (secondary N) is 1. The van der Waals surface area contributed by atoms with Crippen LogP contribution in [0.15, 0.2) is 16.6 Å². The van der Waals surface area contributed by atoms with Crippen LogP contribution >= 0.6 is 15.9 Å². The second-order valence-electron chi connectivity index (χ2n) is 4.40. The fourth-order valence-electron chi connectivity index (χ4n) is 2.55. The number of rotatable bonds is 1. The zero-order valence-corrected chi connectivity index (χ0v) is 10.7. The monoisotopic (exact) mass is 294 g/mol. The number of nitro benzene ring substituents is 1. The lowest BCUT2D eigenvalue weighted by atomic mass is 9.95. The van der Waals surface area contributed by atoms with Gasteiger partial charge in [-0.25, -0.2) is 0 Å². The molecule has 1 heterocycles. The molecule has 0 saturated carbocycles. The van der Waals surface area contributed by atoms with Crippen LogP contribution in [0.1, 0.15) is 24.1 Å². The average Bonchev–Trinajstić information content (AvgIpc) is 2.68. The molecule has 1 aliphatic rings. The fraction of sp³-hybridized carbons (Fsp3) is 0.333. The summed E-state index contributed by atoms with van der Waals surface area (Å²) in [7, 11) is 0. The van der Waals surface area contributed by atoms with Crippen LogP contribution in [0.2, 0.25) is 0 Å². The molecular weight excluding hydrogens is 284 g/mol. The quantitative estimate of drug-likeness (QED) is 0.644. The van der Waals surface area contributed by atoms with Crippen molar-refractivity contribution >= 4 is 32.5 Å². The van der Waals surface area contributed by atoms with Gasteiger partial charge >= 0.3 is 0 Å². The van der Waals surface area contributed by atoms with E-state index >= 15 is 0 Å². The molecule has 0 radical (unpaired) electrons. The van der Waals surface area contributed by atoms with Crippen LogP contribution in [-0.4, -0.2) is 9.91 Å². The minimum absolute atomic E-state index is 0.150. The summed E-state index contributed by atoms with van der Waals surface area (Å²) in [4.78, 5) is 13.9. The molecule has 1 aromatic carbocycles. The van der Waals surface area contributed by atoms with Crippen LogP contribution in [0.4, 0.5) is 5.69 Å². The number of fused-ring (bicyclic) bond motifs is 3. The van der Waals surface area contributed by atoms with E-state index in [1.54, 1.807) is 12.1 Å². The number of aromatic amines is 1. The highest BCUT2D eigenvalue weighted by Gasteiger charge is 2.19. The molecule has 1 N–H and O–H groups in total. The highest BCUT2D eigenvalue weighted by atomic mass is 79.9. The zero-order valence-electron chi connectivity index (χ0n) is 9.12. The predicted molar refractivity (Wildman–Crippen MR) is 69.3 cm³/mol. The van der Waals surface area contributed by atoms with E-state index in [1.165, 1.54) is 24.1 Å². The molecule has 0 amide bonds. The Morgan fingerprint density at radius 3 is 2.82 bits per heavy atom. The Hall–Kier alpha value is -1.36. The van der Waals surface area contributed by atoms with E-state index in [4.69, 9.17) is 0 Å². The van der Waals surface area contributed by atoms with Gasteiger partial charge in [0.25, 0.3) is 5.69 Å². The van der Waals surface area contributed by atoms with Crippen molar-refractivity contribution in [3.8, 4) is 0 Å². The molecule has 0 atom stereocenters. The standard InChI is InChI=1S/C12H11BrN2O2/c13-10-6-7(15(16)17)5-9-8-3-1-2-4-11(8)14-12(9)10/h5-6,14H,1-4H2. The molecule has 0 bridgehead atoms. The van der Waals surface area contributed by atoms with Gasteiger partial charge < -0.3 is 4.98 Å². The minimum atomic E-state index is -0.341. The van der Waals surface area contributed by atoms with Gasteiger partial charge in [0.2, 0.25) is 0 Å². The lowest BCUT2D eigenvalue weighted by Gasteiger charge is -2.10. The van der Waals surface area contributed by atoms with E-state index in [0.29, 0.717) is 0 Å². The summed E-state index contributed by atoms with van der Waals surface area (Å²) in [6.07, 6.45) is 4.42. The summed E-state index contributed by atoms with van der Waals surface area (Å²) < 4.78 is 0.774. The van der Waals surface area contributed by atoms with Gasteiger partial charge in [0, 0.05) is 27.7 Å². The summed E-state index contributed by atoms with van der Waals surface area (Å²) in [5.41, 5.74) is 3.64. The lowest BCUT2D eigenvalue weighted by Crippen LogP contribution is -2.00. The third-order valence-corrected chi connectivity index (χ3v) is 3.98.